The largest absolute Gasteiger partial charge is 0.335 e. The number of nitrogens with zero attached hydrogens (tertiary/aromatic N) is 2. The molecule has 2 heterocycles. The van der Waals surface area contributed by atoms with Gasteiger partial charge in [-0.05, 0) is 61.2 Å². The SMILES string of the molecule is CCC(/C=C1\Sc2ccc(COOC)cc2N1CC)=C\c1sc2ccc(C)cc2[n+]1CCCS(=O)(=O)O. The number of allylic oxidation sites excluding steroid dienone is 2. The Bertz CT molecular complexity index is 1440. The zero-order valence-corrected chi connectivity index (χ0v) is 24.0. The molecule has 10 heteroatoms. The quantitative estimate of drug-likeness (QED) is 0.131. The summed E-state index contributed by atoms with van der Waals surface area (Å²) in [5.41, 5.74) is 5.64. The van der Waals surface area contributed by atoms with Crippen molar-refractivity contribution in [3.8, 4) is 0 Å². The number of benzene rings is 2. The minimum Gasteiger partial charge on any atom is -0.335 e. The lowest BCUT2D eigenvalue weighted by Gasteiger charge is -2.19. The predicted molar refractivity (Wildman–Crippen MR) is 151 cm³/mol. The molecule has 1 N–H and O–H groups in total. The number of anilines is 1. The van der Waals surface area contributed by atoms with Crippen LogP contribution in [0.25, 0.3) is 16.3 Å². The molecule has 4 rings (SSSR count). The molecule has 0 atom stereocenters. The standard InChI is InChI=1S/C27H32N2O5S3/c1-5-20(16-26-28(6-2)23-15-21(18-34-33-4)9-11-25(23)35-26)17-27-29(12-7-13-37(30,31)32)22-14-19(3)8-10-24(22)36-27/h8-11,14-17H,5-7,12-13,18H2,1-4H3/p+1. The second-order valence-corrected chi connectivity index (χ2v) is 12.5. The Morgan fingerprint density at radius 3 is 2.70 bits per heavy atom. The van der Waals surface area contributed by atoms with Gasteiger partial charge in [0.2, 0.25) is 5.52 Å². The normalized spacial score (nSPS) is 15.2. The molecule has 0 bridgehead atoms. The zero-order valence-electron chi connectivity index (χ0n) is 21.6. The van der Waals surface area contributed by atoms with Gasteiger partial charge >= 0.3 is 0 Å². The lowest BCUT2D eigenvalue weighted by molar-refractivity contribution is -0.668. The van der Waals surface area contributed by atoms with Gasteiger partial charge in [0.05, 0.1) is 23.6 Å². The average molecular weight is 562 g/mol. The van der Waals surface area contributed by atoms with Gasteiger partial charge in [0.1, 0.15) is 11.3 Å². The monoisotopic (exact) mass is 561 g/mol. The molecular weight excluding hydrogens is 529 g/mol. The highest BCUT2D eigenvalue weighted by molar-refractivity contribution is 8.03. The van der Waals surface area contributed by atoms with E-state index in [-0.39, 0.29) is 5.75 Å². The molecule has 1 aliphatic heterocycles. The van der Waals surface area contributed by atoms with E-state index in [1.807, 2.05) is 0 Å². The summed E-state index contributed by atoms with van der Waals surface area (Å²) in [5, 5.41) is 2.23. The van der Waals surface area contributed by atoms with E-state index in [9.17, 15) is 13.0 Å². The van der Waals surface area contributed by atoms with E-state index in [1.54, 1.807) is 23.1 Å². The van der Waals surface area contributed by atoms with Crippen molar-refractivity contribution in [1.82, 2.24) is 0 Å². The molecule has 0 aliphatic carbocycles. The number of thiazole rings is 1. The minimum atomic E-state index is -4.00. The number of rotatable bonds is 11. The third kappa shape index (κ3) is 6.81. The number of hydrogen-bond donors (Lipinski definition) is 1. The summed E-state index contributed by atoms with van der Waals surface area (Å²) in [5.74, 6) is -0.255. The van der Waals surface area contributed by atoms with Crippen LogP contribution in [0.4, 0.5) is 5.69 Å². The van der Waals surface area contributed by atoms with Crippen LogP contribution in [-0.2, 0) is 33.0 Å². The van der Waals surface area contributed by atoms with Gasteiger partial charge in [-0.15, -0.1) is 0 Å². The van der Waals surface area contributed by atoms with Crippen molar-refractivity contribution in [3.63, 3.8) is 0 Å². The molecule has 0 spiro atoms. The van der Waals surface area contributed by atoms with Crippen molar-refractivity contribution in [2.45, 2.75) is 51.7 Å². The number of thioether (sulfide) groups is 1. The fourth-order valence-corrected chi connectivity index (χ4v) is 7.14. The number of hydrogen-bond acceptors (Lipinski definition) is 7. The van der Waals surface area contributed by atoms with Gasteiger partial charge in [-0.1, -0.05) is 42.2 Å². The second kappa shape index (κ2) is 12.1. The number of aryl methyl sites for hydroxylation is 2. The van der Waals surface area contributed by atoms with Gasteiger partial charge in [-0.3, -0.25) is 4.55 Å². The van der Waals surface area contributed by atoms with Crippen LogP contribution in [0.15, 0.2) is 58.0 Å². The summed E-state index contributed by atoms with van der Waals surface area (Å²) in [6.45, 7) is 8.10. The first kappa shape index (κ1) is 27.8. The third-order valence-electron chi connectivity index (χ3n) is 6.15. The lowest BCUT2D eigenvalue weighted by Crippen LogP contribution is -2.36. The Kier molecular flexibility index (Phi) is 9.10. The van der Waals surface area contributed by atoms with E-state index in [0.29, 0.717) is 19.6 Å². The summed E-state index contributed by atoms with van der Waals surface area (Å²) in [6.07, 6.45) is 5.65. The molecule has 0 saturated heterocycles. The van der Waals surface area contributed by atoms with E-state index in [0.717, 1.165) is 39.3 Å². The summed E-state index contributed by atoms with van der Waals surface area (Å²) in [7, 11) is -2.49. The fourth-order valence-electron chi connectivity index (χ4n) is 4.31. The van der Waals surface area contributed by atoms with Gasteiger partial charge in [0.25, 0.3) is 15.1 Å². The Labute approximate surface area is 227 Å². The van der Waals surface area contributed by atoms with E-state index in [2.05, 4.69) is 78.8 Å². The number of aromatic nitrogens is 1. The van der Waals surface area contributed by atoms with E-state index >= 15 is 0 Å². The highest BCUT2D eigenvalue weighted by Gasteiger charge is 2.25. The summed E-state index contributed by atoms with van der Waals surface area (Å²) in [4.78, 5) is 13.4. The van der Waals surface area contributed by atoms with Crippen LogP contribution < -0.4 is 9.47 Å². The molecule has 198 valence electrons. The van der Waals surface area contributed by atoms with Crippen molar-refractivity contribution in [1.29, 1.82) is 0 Å². The van der Waals surface area contributed by atoms with Gasteiger partial charge in [0.15, 0.2) is 6.54 Å². The molecule has 0 radical (unpaired) electrons. The highest BCUT2D eigenvalue weighted by Crippen LogP contribution is 2.46. The summed E-state index contributed by atoms with van der Waals surface area (Å²) < 4.78 is 35.2. The molecule has 0 unspecified atom stereocenters. The van der Waals surface area contributed by atoms with Gasteiger partial charge < -0.3 is 4.90 Å². The van der Waals surface area contributed by atoms with Crippen LogP contribution >= 0.6 is 23.1 Å². The predicted octanol–water partition coefficient (Wildman–Crippen LogP) is 6.12. The summed E-state index contributed by atoms with van der Waals surface area (Å²) in [6, 6.07) is 12.7. The van der Waals surface area contributed by atoms with E-state index < -0.39 is 10.1 Å². The van der Waals surface area contributed by atoms with Crippen LogP contribution in [0.2, 0.25) is 0 Å². The van der Waals surface area contributed by atoms with E-state index in [4.69, 9.17) is 9.78 Å². The molecule has 7 nitrogen and oxygen atoms in total. The first-order valence-corrected chi connectivity index (χ1v) is 15.5. The smallest absolute Gasteiger partial charge is 0.265 e. The molecule has 1 aromatic heterocycles. The third-order valence-corrected chi connectivity index (χ3v) is 9.18. The lowest BCUT2D eigenvalue weighted by atomic mass is 10.1. The van der Waals surface area contributed by atoms with Crippen molar-refractivity contribution in [3.05, 3.63) is 69.2 Å². The molecule has 37 heavy (non-hydrogen) atoms. The van der Waals surface area contributed by atoms with Crippen LogP contribution in [-0.4, -0.2) is 32.4 Å². The van der Waals surface area contributed by atoms with E-state index in [1.165, 1.54) is 28.3 Å². The Morgan fingerprint density at radius 2 is 2.00 bits per heavy atom. The molecule has 1 aliphatic rings. The van der Waals surface area contributed by atoms with Crippen molar-refractivity contribution in [2.24, 2.45) is 0 Å². The Morgan fingerprint density at radius 1 is 1.19 bits per heavy atom. The summed E-state index contributed by atoms with van der Waals surface area (Å²) >= 11 is 3.45. The zero-order chi connectivity index (χ0) is 26.6. The van der Waals surface area contributed by atoms with Gasteiger partial charge in [-0.2, -0.15) is 13.0 Å². The molecule has 0 saturated carbocycles. The molecular formula is C27H33N2O5S3+. The maximum atomic E-state index is 11.3. The average Bonchev–Trinajstić information content (AvgIpc) is 3.37. The van der Waals surface area contributed by atoms with Gasteiger partial charge in [-0.25, -0.2) is 9.78 Å². The molecule has 2 aromatic carbocycles. The Balaban J connectivity index is 1.68. The highest BCUT2D eigenvalue weighted by atomic mass is 32.2. The van der Waals surface area contributed by atoms with Crippen LogP contribution in [0, 0.1) is 6.92 Å². The first-order valence-electron chi connectivity index (χ1n) is 12.3. The molecule has 0 fully saturated rings. The van der Waals surface area contributed by atoms with Crippen molar-refractivity contribution < 1.29 is 27.3 Å². The van der Waals surface area contributed by atoms with Crippen LogP contribution in [0.5, 0.6) is 0 Å². The fraction of sp³-hybridized carbons (Fsp3) is 0.370. The van der Waals surface area contributed by atoms with Crippen LogP contribution in [0.3, 0.4) is 0 Å². The number of fused-ring (bicyclic) bond motifs is 2. The molecule has 3 aromatic rings. The maximum Gasteiger partial charge on any atom is 0.265 e. The topological polar surface area (TPSA) is 80.0 Å². The van der Waals surface area contributed by atoms with Crippen molar-refractivity contribution in [2.75, 3.05) is 24.3 Å². The maximum absolute atomic E-state index is 11.3. The Hall–Kier alpha value is -2.21. The second-order valence-electron chi connectivity index (χ2n) is 8.84. The van der Waals surface area contributed by atoms with Crippen molar-refractivity contribution >= 4 is 55.2 Å². The van der Waals surface area contributed by atoms with Crippen LogP contribution in [0.1, 0.15) is 42.8 Å². The molecule has 0 amide bonds. The van der Waals surface area contributed by atoms with Gasteiger partial charge in [0, 0.05) is 30.0 Å². The first-order chi connectivity index (χ1) is 17.7. The minimum absolute atomic E-state index is 0.255.